The Labute approximate surface area is 192 Å². The molecule has 2 fully saturated rings. The fourth-order valence-corrected chi connectivity index (χ4v) is 4.76. The highest BCUT2D eigenvalue weighted by atomic mass is 16.2. The average molecular weight is 445 g/mol. The number of imide groups is 1. The molecule has 1 unspecified atom stereocenters. The van der Waals surface area contributed by atoms with Crippen LogP contribution in [0.2, 0.25) is 0 Å². The minimum atomic E-state index is -0.285. The van der Waals surface area contributed by atoms with Gasteiger partial charge in [-0.25, -0.2) is 9.78 Å². The third-order valence-corrected chi connectivity index (χ3v) is 6.86. The summed E-state index contributed by atoms with van der Waals surface area (Å²) in [7, 11) is 1.64. The van der Waals surface area contributed by atoms with Gasteiger partial charge in [-0.3, -0.25) is 19.1 Å². The van der Waals surface area contributed by atoms with E-state index in [9.17, 15) is 14.4 Å². The largest absolute Gasteiger partial charge is 0.327 e. The van der Waals surface area contributed by atoms with Crippen molar-refractivity contribution in [2.45, 2.75) is 32.2 Å². The van der Waals surface area contributed by atoms with Crippen molar-refractivity contribution in [2.75, 3.05) is 13.1 Å². The highest BCUT2D eigenvalue weighted by Gasteiger charge is 2.38. The van der Waals surface area contributed by atoms with Gasteiger partial charge >= 0.3 is 6.03 Å². The second-order valence-corrected chi connectivity index (χ2v) is 9.16. The number of rotatable bonds is 7. The molecule has 7 nitrogen and oxygen atoms in total. The summed E-state index contributed by atoms with van der Waals surface area (Å²) < 4.78 is 1.43. The van der Waals surface area contributed by atoms with Crippen LogP contribution in [0.25, 0.3) is 10.9 Å². The van der Waals surface area contributed by atoms with Crippen molar-refractivity contribution < 1.29 is 9.59 Å². The molecule has 33 heavy (non-hydrogen) atoms. The van der Waals surface area contributed by atoms with E-state index >= 15 is 0 Å². The second kappa shape index (κ2) is 8.81. The van der Waals surface area contributed by atoms with Crippen molar-refractivity contribution in [1.82, 2.24) is 19.4 Å². The lowest BCUT2D eigenvalue weighted by Gasteiger charge is -2.36. The van der Waals surface area contributed by atoms with Crippen molar-refractivity contribution in [3.05, 3.63) is 76.3 Å². The van der Waals surface area contributed by atoms with Crippen molar-refractivity contribution in [3.63, 3.8) is 0 Å². The molecule has 1 saturated carbocycles. The van der Waals surface area contributed by atoms with Gasteiger partial charge in [0.05, 0.1) is 17.4 Å². The highest BCUT2D eigenvalue weighted by molar-refractivity contribution is 5.96. The molecule has 1 atom stereocenters. The minimum Gasteiger partial charge on any atom is -0.323 e. The monoisotopic (exact) mass is 444 g/mol. The average Bonchev–Trinajstić information content (AvgIpc) is 3.67. The third kappa shape index (κ3) is 4.40. The number of carbonyl (C=O) groups excluding carboxylic acids is 2. The first-order chi connectivity index (χ1) is 16.0. The van der Waals surface area contributed by atoms with Crippen LogP contribution in [0.4, 0.5) is 4.79 Å². The zero-order valence-electron chi connectivity index (χ0n) is 18.8. The number of nitrogens with zero attached hydrogens (tertiary/aromatic N) is 4. The van der Waals surface area contributed by atoms with Crippen LogP contribution < -0.4 is 5.56 Å². The normalized spacial score (nSPS) is 17.6. The Morgan fingerprint density at radius 1 is 1.00 bits per heavy atom. The lowest BCUT2D eigenvalue weighted by atomic mass is 9.94. The standard InChI is InChI=1S/C26H28N4O3/c1-28-23(27-22-10-6-5-9-21(22)25(28)32)17-30-24(31)13-14-29(26(30)33)16-20(19-11-12-19)15-18-7-3-2-4-8-18/h2-10,19-20H,11-17H2,1H3. The molecule has 2 heterocycles. The molecule has 0 bridgehead atoms. The fourth-order valence-electron chi connectivity index (χ4n) is 4.76. The molecule has 2 aliphatic rings. The summed E-state index contributed by atoms with van der Waals surface area (Å²) >= 11 is 0. The quantitative estimate of drug-likeness (QED) is 0.560. The smallest absolute Gasteiger partial charge is 0.323 e. The number of amides is 3. The zero-order chi connectivity index (χ0) is 22.9. The summed E-state index contributed by atoms with van der Waals surface area (Å²) in [6.45, 7) is 1.08. The molecule has 170 valence electrons. The Kier molecular flexibility index (Phi) is 5.70. The van der Waals surface area contributed by atoms with Crippen molar-refractivity contribution in [2.24, 2.45) is 18.9 Å². The molecule has 1 aliphatic heterocycles. The lowest BCUT2D eigenvalue weighted by Crippen LogP contribution is -2.53. The summed E-state index contributed by atoms with van der Waals surface area (Å²) in [4.78, 5) is 46.4. The Balaban J connectivity index is 1.35. The molecule has 3 aromatic rings. The van der Waals surface area contributed by atoms with Crippen molar-refractivity contribution in [3.8, 4) is 0 Å². The highest BCUT2D eigenvalue weighted by Crippen LogP contribution is 2.39. The summed E-state index contributed by atoms with van der Waals surface area (Å²) in [6.07, 6.45) is 3.62. The maximum Gasteiger partial charge on any atom is 0.327 e. The van der Waals surface area contributed by atoms with Crippen LogP contribution in [0.1, 0.15) is 30.7 Å². The van der Waals surface area contributed by atoms with Crippen LogP contribution in [-0.4, -0.2) is 44.4 Å². The van der Waals surface area contributed by atoms with Gasteiger partial charge in [0, 0.05) is 26.6 Å². The number of benzene rings is 2. The fraction of sp³-hybridized carbons (Fsp3) is 0.385. The number of hydrogen-bond acceptors (Lipinski definition) is 4. The maximum atomic E-state index is 13.3. The molecule has 7 heteroatoms. The SMILES string of the molecule is Cn1c(CN2C(=O)CCN(CC(Cc3ccccc3)C3CC3)C2=O)nc2ccccc2c1=O. The number of hydrogen-bond donors (Lipinski definition) is 0. The maximum absolute atomic E-state index is 13.3. The zero-order valence-corrected chi connectivity index (χ0v) is 18.8. The number of urea groups is 1. The summed E-state index contributed by atoms with van der Waals surface area (Å²) in [6, 6.07) is 17.2. The van der Waals surface area contributed by atoms with Gasteiger partial charge in [-0.1, -0.05) is 42.5 Å². The molecular formula is C26H28N4O3. The lowest BCUT2D eigenvalue weighted by molar-refractivity contribution is -0.131. The van der Waals surface area contributed by atoms with E-state index in [-0.39, 0.29) is 30.5 Å². The first-order valence-electron chi connectivity index (χ1n) is 11.6. The Morgan fingerprint density at radius 2 is 1.73 bits per heavy atom. The van der Waals surface area contributed by atoms with Gasteiger partial charge in [0.2, 0.25) is 5.91 Å². The molecular weight excluding hydrogens is 416 g/mol. The van der Waals surface area contributed by atoms with E-state index < -0.39 is 0 Å². The molecule has 0 radical (unpaired) electrons. The Morgan fingerprint density at radius 3 is 2.48 bits per heavy atom. The summed E-state index contributed by atoms with van der Waals surface area (Å²) in [5.41, 5.74) is 1.67. The van der Waals surface area contributed by atoms with E-state index in [4.69, 9.17) is 0 Å². The molecule has 1 aromatic heterocycles. The number of fused-ring (bicyclic) bond motifs is 1. The first kappa shape index (κ1) is 21.4. The van der Waals surface area contributed by atoms with Crippen LogP contribution in [0, 0.1) is 11.8 Å². The predicted octanol–water partition coefficient (Wildman–Crippen LogP) is 3.36. The second-order valence-electron chi connectivity index (χ2n) is 9.16. The predicted molar refractivity (Wildman–Crippen MR) is 125 cm³/mol. The first-order valence-corrected chi connectivity index (χ1v) is 11.6. The molecule has 0 spiro atoms. The number of para-hydroxylation sites is 1. The van der Waals surface area contributed by atoms with Crippen molar-refractivity contribution >= 4 is 22.8 Å². The minimum absolute atomic E-state index is 0.00246. The van der Waals surface area contributed by atoms with Gasteiger partial charge < -0.3 is 4.90 Å². The van der Waals surface area contributed by atoms with Gasteiger partial charge in [-0.05, 0) is 48.8 Å². The summed E-state index contributed by atoms with van der Waals surface area (Å²) in [5.74, 6) is 1.21. The van der Waals surface area contributed by atoms with Gasteiger partial charge in [0.15, 0.2) is 0 Å². The Bertz CT molecular complexity index is 1250. The van der Waals surface area contributed by atoms with Gasteiger partial charge in [-0.15, -0.1) is 0 Å². The number of aromatic nitrogens is 2. The van der Waals surface area contributed by atoms with Gasteiger partial charge in [0.1, 0.15) is 5.82 Å². The number of carbonyl (C=O) groups is 2. The summed E-state index contributed by atoms with van der Waals surface area (Å²) in [5, 5.41) is 0.523. The van der Waals surface area contributed by atoms with E-state index in [0.717, 1.165) is 6.42 Å². The van der Waals surface area contributed by atoms with Crippen LogP contribution in [0.3, 0.4) is 0 Å². The van der Waals surface area contributed by atoms with E-state index in [0.29, 0.717) is 41.7 Å². The van der Waals surface area contributed by atoms with Gasteiger partial charge in [0.25, 0.3) is 5.56 Å². The van der Waals surface area contributed by atoms with E-state index in [1.54, 1.807) is 25.2 Å². The van der Waals surface area contributed by atoms with Crippen LogP contribution in [-0.2, 0) is 24.8 Å². The molecule has 2 aromatic carbocycles. The molecule has 5 rings (SSSR count). The Hall–Kier alpha value is -3.48. The van der Waals surface area contributed by atoms with Gasteiger partial charge in [-0.2, -0.15) is 0 Å². The van der Waals surface area contributed by atoms with E-state index in [1.165, 1.54) is 27.9 Å². The topological polar surface area (TPSA) is 75.5 Å². The van der Waals surface area contributed by atoms with Crippen LogP contribution >= 0.6 is 0 Å². The molecule has 3 amide bonds. The molecule has 0 N–H and O–H groups in total. The molecule has 1 aliphatic carbocycles. The van der Waals surface area contributed by atoms with Crippen LogP contribution in [0.5, 0.6) is 0 Å². The van der Waals surface area contributed by atoms with E-state index in [1.807, 2.05) is 29.2 Å². The van der Waals surface area contributed by atoms with Crippen LogP contribution in [0.15, 0.2) is 59.4 Å². The third-order valence-electron chi connectivity index (χ3n) is 6.86. The van der Waals surface area contributed by atoms with Crippen molar-refractivity contribution in [1.29, 1.82) is 0 Å². The van der Waals surface area contributed by atoms with E-state index in [2.05, 4.69) is 17.1 Å². The molecule has 1 saturated heterocycles.